The summed E-state index contributed by atoms with van der Waals surface area (Å²) in [5, 5.41) is 7.41. The third-order valence-corrected chi connectivity index (χ3v) is 3.37. The number of rotatable bonds is 3. The van der Waals surface area contributed by atoms with Crippen LogP contribution < -0.4 is 5.32 Å². The monoisotopic (exact) mass is 295 g/mol. The first-order valence-electron chi connectivity index (χ1n) is 7.12. The molecule has 0 saturated carbocycles. The van der Waals surface area contributed by atoms with Gasteiger partial charge in [-0.05, 0) is 25.5 Å². The number of imidazole rings is 1. The number of nitrogens with one attached hydrogen (secondary N) is 1. The molecule has 0 aliphatic carbocycles. The highest BCUT2D eigenvalue weighted by Gasteiger charge is 2.12. The van der Waals surface area contributed by atoms with E-state index in [1.165, 1.54) is 16.5 Å². The van der Waals surface area contributed by atoms with E-state index in [-0.39, 0.29) is 6.03 Å². The zero-order valence-corrected chi connectivity index (χ0v) is 12.5. The standard InChI is InChI=1S/C16H17N5O/c1-3-13-10-15(18-16(22)20-9-8-17-11-20)21(19-13)14-6-4-12(2)5-7-14/h4-11H,3H2,1-2H3,(H,18,22). The van der Waals surface area contributed by atoms with E-state index in [1.54, 1.807) is 17.1 Å². The summed E-state index contributed by atoms with van der Waals surface area (Å²) < 4.78 is 3.13. The summed E-state index contributed by atoms with van der Waals surface area (Å²) in [5.74, 6) is 0.638. The van der Waals surface area contributed by atoms with Crippen LogP contribution in [0.3, 0.4) is 0 Å². The second-order valence-corrected chi connectivity index (χ2v) is 5.02. The molecular weight excluding hydrogens is 278 g/mol. The number of carbonyl (C=O) groups is 1. The van der Waals surface area contributed by atoms with Crippen LogP contribution in [0.5, 0.6) is 0 Å². The molecule has 0 saturated heterocycles. The van der Waals surface area contributed by atoms with E-state index in [9.17, 15) is 4.79 Å². The molecule has 6 nitrogen and oxygen atoms in total. The lowest BCUT2D eigenvalue weighted by Gasteiger charge is -2.09. The van der Waals surface area contributed by atoms with Crippen LogP contribution in [0.2, 0.25) is 0 Å². The van der Waals surface area contributed by atoms with Gasteiger partial charge in [0.15, 0.2) is 0 Å². The smallest absolute Gasteiger partial charge is 0.291 e. The highest BCUT2D eigenvalue weighted by atomic mass is 16.2. The molecular formula is C16H17N5O. The van der Waals surface area contributed by atoms with Gasteiger partial charge in [-0.15, -0.1) is 0 Å². The van der Waals surface area contributed by atoms with Gasteiger partial charge in [-0.3, -0.25) is 9.88 Å². The van der Waals surface area contributed by atoms with Crippen LogP contribution in [0.1, 0.15) is 18.2 Å². The van der Waals surface area contributed by atoms with E-state index in [2.05, 4.69) is 15.4 Å². The number of nitrogens with zero attached hydrogens (tertiary/aromatic N) is 4. The first-order valence-corrected chi connectivity index (χ1v) is 7.12. The molecule has 3 rings (SSSR count). The molecule has 6 heteroatoms. The van der Waals surface area contributed by atoms with Gasteiger partial charge in [-0.25, -0.2) is 14.5 Å². The maximum atomic E-state index is 12.2. The highest BCUT2D eigenvalue weighted by Crippen LogP contribution is 2.18. The molecule has 1 N–H and O–H groups in total. The molecule has 2 heterocycles. The number of aromatic nitrogens is 4. The molecule has 1 amide bonds. The van der Waals surface area contributed by atoms with E-state index in [1.807, 2.05) is 44.2 Å². The quantitative estimate of drug-likeness (QED) is 0.807. The predicted octanol–water partition coefficient (Wildman–Crippen LogP) is 3.02. The summed E-state index contributed by atoms with van der Waals surface area (Å²) in [6, 6.07) is 9.61. The first kappa shape index (κ1) is 14.1. The SMILES string of the molecule is CCc1cc(NC(=O)n2ccnc2)n(-c2ccc(C)cc2)n1. The van der Waals surface area contributed by atoms with Gasteiger partial charge in [0.2, 0.25) is 0 Å². The van der Waals surface area contributed by atoms with E-state index in [4.69, 9.17) is 0 Å². The molecule has 112 valence electrons. The average molecular weight is 295 g/mol. The summed E-state index contributed by atoms with van der Waals surface area (Å²) in [5.41, 5.74) is 3.00. The van der Waals surface area contributed by atoms with Crippen LogP contribution in [0.25, 0.3) is 5.69 Å². The Morgan fingerprint density at radius 1 is 1.27 bits per heavy atom. The highest BCUT2D eigenvalue weighted by molar-refractivity contribution is 5.90. The van der Waals surface area contributed by atoms with Gasteiger partial charge in [-0.2, -0.15) is 5.10 Å². The topological polar surface area (TPSA) is 64.7 Å². The summed E-state index contributed by atoms with van der Waals surface area (Å²) in [7, 11) is 0. The Morgan fingerprint density at radius 2 is 2.05 bits per heavy atom. The van der Waals surface area contributed by atoms with Crippen LogP contribution in [-0.2, 0) is 6.42 Å². The molecule has 0 fully saturated rings. The predicted molar refractivity (Wildman–Crippen MR) is 84.3 cm³/mol. The molecule has 2 aromatic heterocycles. The van der Waals surface area contributed by atoms with Crippen molar-refractivity contribution >= 4 is 11.8 Å². The van der Waals surface area contributed by atoms with Crippen LogP contribution in [-0.4, -0.2) is 25.4 Å². The van der Waals surface area contributed by atoms with Crippen LogP contribution in [0, 0.1) is 6.92 Å². The van der Waals surface area contributed by atoms with Crippen molar-refractivity contribution in [3.8, 4) is 5.69 Å². The summed E-state index contributed by atoms with van der Waals surface area (Å²) in [6.07, 6.45) is 5.42. The number of anilines is 1. The molecule has 0 aliphatic rings. The number of benzene rings is 1. The molecule has 1 aromatic carbocycles. The minimum atomic E-state index is -0.270. The minimum Gasteiger partial charge on any atom is -0.291 e. The number of hydrogen-bond donors (Lipinski definition) is 1. The van der Waals surface area contributed by atoms with Crippen molar-refractivity contribution in [2.24, 2.45) is 0 Å². The number of amides is 1. The zero-order valence-electron chi connectivity index (χ0n) is 12.5. The fraction of sp³-hybridized carbons (Fsp3) is 0.188. The summed E-state index contributed by atoms with van der Waals surface area (Å²) in [4.78, 5) is 16.1. The van der Waals surface area contributed by atoms with E-state index in [0.717, 1.165) is 17.8 Å². The van der Waals surface area contributed by atoms with Crippen LogP contribution in [0.4, 0.5) is 10.6 Å². The Balaban J connectivity index is 1.94. The minimum absolute atomic E-state index is 0.270. The van der Waals surface area contributed by atoms with Gasteiger partial charge < -0.3 is 0 Å². The third-order valence-electron chi connectivity index (χ3n) is 3.37. The molecule has 0 aliphatic heterocycles. The van der Waals surface area contributed by atoms with Crippen molar-refractivity contribution in [2.75, 3.05) is 5.32 Å². The fourth-order valence-electron chi connectivity index (χ4n) is 2.13. The van der Waals surface area contributed by atoms with E-state index < -0.39 is 0 Å². The molecule has 3 aromatic rings. The Hall–Kier alpha value is -2.89. The van der Waals surface area contributed by atoms with Gasteiger partial charge in [0, 0.05) is 18.5 Å². The maximum absolute atomic E-state index is 12.2. The van der Waals surface area contributed by atoms with Gasteiger partial charge >= 0.3 is 6.03 Å². The molecule has 0 unspecified atom stereocenters. The largest absolute Gasteiger partial charge is 0.332 e. The Morgan fingerprint density at radius 3 is 2.68 bits per heavy atom. The summed E-state index contributed by atoms with van der Waals surface area (Å²) in [6.45, 7) is 4.06. The average Bonchev–Trinajstić information content (AvgIpc) is 3.17. The fourth-order valence-corrected chi connectivity index (χ4v) is 2.13. The van der Waals surface area contributed by atoms with Gasteiger partial charge in [0.25, 0.3) is 0 Å². The third kappa shape index (κ3) is 2.76. The Bertz CT molecular complexity index is 771. The zero-order chi connectivity index (χ0) is 15.5. The normalized spacial score (nSPS) is 10.6. The van der Waals surface area contributed by atoms with Gasteiger partial charge in [0.1, 0.15) is 12.1 Å². The van der Waals surface area contributed by atoms with Crippen molar-refractivity contribution < 1.29 is 4.79 Å². The summed E-state index contributed by atoms with van der Waals surface area (Å²) >= 11 is 0. The molecule has 0 bridgehead atoms. The second-order valence-electron chi connectivity index (χ2n) is 5.02. The van der Waals surface area contributed by atoms with Crippen molar-refractivity contribution in [1.29, 1.82) is 0 Å². The van der Waals surface area contributed by atoms with Crippen molar-refractivity contribution in [3.05, 3.63) is 60.3 Å². The molecule has 0 atom stereocenters. The van der Waals surface area contributed by atoms with Gasteiger partial charge in [0.05, 0.1) is 11.4 Å². The Kier molecular flexibility index (Phi) is 3.74. The second kappa shape index (κ2) is 5.85. The van der Waals surface area contributed by atoms with E-state index >= 15 is 0 Å². The van der Waals surface area contributed by atoms with Crippen molar-refractivity contribution in [3.63, 3.8) is 0 Å². The van der Waals surface area contributed by atoms with Crippen molar-refractivity contribution in [2.45, 2.75) is 20.3 Å². The van der Waals surface area contributed by atoms with Gasteiger partial charge in [-0.1, -0.05) is 24.6 Å². The van der Waals surface area contributed by atoms with Crippen LogP contribution in [0.15, 0.2) is 49.1 Å². The first-order chi connectivity index (χ1) is 10.7. The molecule has 22 heavy (non-hydrogen) atoms. The lowest BCUT2D eigenvalue weighted by molar-refractivity contribution is 0.253. The number of carbonyl (C=O) groups excluding carboxylic acids is 1. The van der Waals surface area contributed by atoms with Crippen LogP contribution >= 0.6 is 0 Å². The Labute approximate surface area is 128 Å². The van der Waals surface area contributed by atoms with E-state index in [0.29, 0.717) is 5.82 Å². The lowest BCUT2D eigenvalue weighted by Crippen LogP contribution is -2.19. The molecule has 0 radical (unpaired) electrons. The lowest BCUT2D eigenvalue weighted by atomic mass is 10.2. The molecule has 0 spiro atoms. The maximum Gasteiger partial charge on any atom is 0.332 e. The van der Waals surface area contributed by atoms with Crippen molar-refractivity contribution in [1.82, 2.24) is 19.3 Å². The number of aryl methyl sites for hydroxylation is 2. The number of hydrogen-bond acceptors (Lipinski definition) is 3.